The lowest BCUT2D eigenvalue weighted by Gasteiger charge is -2.05. The summed E-state index contributed by atoms with van der Waals surface area (Å²) in [5.41, 5.74) is 0.744. The Bertz CT molecular complexity index is 430. The molecule has 0 saturated carbocycles. The number of pyridine rings is 1. The predicted molar refractivity (Wildman–Crippen MR) is 57.8 cm³/mol. The fourth-order valence-electron chi connectivity index (χ4n) is 1.08. The Morgan fingerprint density at radius 3 is 2.88 bits per heavy atom. The number of rotatable bonds is 3. The van der Waals surface area contributed by atoms with Crippen LogP contribution < -0.4 is 4.98 Å². The zero-order chi connectivity index (χ0) is 12.0. The summed E-state index contributed by atoms with van der Waals surface area (Å²) < 4.78 is 4.94. The lowest BCUT2D eigenvalue weighted by molar-refractivity contribution is -0.378. The highest BCUT2D eigenvalue weighted by Crippen LogP contribution is 2.06. The molecule has 1 aromatic heterocycles. The third kappa shape index (κ3) is 3.54. The molecule has 4 heteroatoms. The van der Waals surface area contributed by atoms with Crippen molar-refractivity contribution in [3.63, 3.8) is 0 Å². The zero-order valence-electron chi connectivity index (χ0n) is 9.23. The number of hydrogen-bond donors (Lipinski definition) is 0. The fourth-order valence-corrected chi connectivity index (χ4v) is 1.08. The lowest BCUT2D eigenvalue weighted by atomic mass is 10.2. The molecule has 1 N–H and O–H groups in total. The molecule has 0 unspecified atom stereocenters. The Balaban J connectivity index is 2.88. The van der Waals surface area contributed by atoms with Crippen LogP contribution in [0.2, 0.25) is 0 Å². The minimum absolute atomic E-state index is 0.00620. The first-order valence-electron chi connectivity index (χ1n) is 4.92. The molecule has 1 heterocycles. The summed E-state index contributed by atoms with van der Waals surface area (Å²) in [5.74, 6) is -0.596. The molecule has 1 rings (SSSR count). The maximum atomic E-state index is 11.5. The van der Waals surface area contributed by atoms with E-state index in [1.54, 1.807) is 38.4 Å². The molecule has 0 saturated heterocycles. The molecule has 16 heavy (non-hydrogen) atoms. The Labute approximate surface area is 94.2 Å². The molecule has 0 aromatic carbocycles. The van der Waals surface area contributed by atoms with E-state index in [0.717, 1.165) is 5.56 Å². The number of aromatic amines is 1. The van der Waals surface area contributed by atoms with Gasteiger partial charge >= 0.3 is 5.97 Å². The number of ether oxygens (including phenoxy) is 1. The topological polar surface area (TPSA) is 64.2 Å². The van der Waals surface area contributed by atoms with Crippen LogP contribution in [-0.2, 0) is 9.53 Å². The first-order valence-corrected chi connectivity index (χ1v) is 4.92. The van der Waals surface area contributed by atoms with Gasteiger partial charge in [-0.25, -0.2) is 9.78 Å². The van der Waals surface area contributed by atoms with E-state index in [2.05, 4.69) is 4.98 Å². The smallest absolute Gasteiger partial charge is 0.349 e. The number of carbonyl (C=O) groups excluding carboxylic acids is 1. The average Bonchev–Trinajstić information content (AvgIpc) is 2.26. The van der Waals surface area contributed by atoms with Crippen molar-refractivity contribution in [2.24, 2.45) is 0 Å². The molecule has 0 bridgehead atoms. The van der Waals surface area contributed by atoms with E-state index in [9.17, 15) is 4.79 Å². The van der Waals surface area contributed by atoms with E-state index >= 15 is 0 Å². The third-order valence-corrected chi connectivity index (χ3v) is 1.73. The number of carbonyl (C=O) groups is 1. The number of H-pyrrole nitrogens is 1. The van der Waals surface area contributed by atoms with Gasteiger partial charge in [0.05, 0.1) is 6.10 Å². The van der Waals surface area contributed by atoms with E-state index in [0.29, 0.717) is 0 Å². The van der Waals surface area contributed by atoms with Crippen molar-refractivity contribution in [3.8, 4) is 6.07 Å². The van der Waals surface area contributed by atoms with E-state index < -0.39 is 5.97 Å². The van der Waals surface area contributed by atoms with Gasteiger partial charge in [0.25, 0.3) is 0 Å². The van der Waals surface area contributed by atoms with Gasteiger partial charge in [-0.15, -0.1) is 0 Å². The van der Waals surface area contributed by atoms with E-state index in [4.69, 9.17) is 10.00 Å². The first kappa shape index (κ1) is 11.9. The van der Waals surface area contributed by atoms with Crippen molar-refractivity contribution >= 4 is 12.0 Å². The quantitative estimate of drug-likeness (QED) is 0.436. The largest absolute Gasteiger partial charge is 0.459 e. The normalized spacial score (nSPS) is 11.0. The van der Waals surface area contributed by atoms with Crippen LogP contribution >= 0.6 is 0 Å². The van der Waals surface area contributed by atoms with Gasteiger partial charge < -0.3 is 4.74 Å². The number of nitriles is 1. The predicted octanol–water partition coefficient (Wildman–Crippen LogP) is 1.36. The summed E-state index contributed by atoms with van der Waals surface area (Å²) in [7, 11) is 0. The monoisotopic (exact) mass is 217 g/mol. The minimum Gasteiger partial charge on any atom is -0.459 e. The summed E-state index contributed by atoms with van der Waals surface area (Å²) in [5, 5.41) is 8.84. The number of aromatic nitrogens is 1. The second kappa shape index (κ2) is 5.66. The Morgan fingerprint density at radius 2 is 2.38 bits per heavy atom. The second-order valence-electron chi connectivity index (χ2n) is 3.46. The summed E-state index contributed by atoms with van der Waals surface area (Å²) in [6, 6.07) is 5.40. The van der Waals surface area contributed by atoms with E-state index in [1.807, 2.05) is 6.07 Å². The molecule has 0 aliphatic carbocycles. The molecule has 0 atom stereocenters. The van der Waals surface area contributed by atoms with Gasteiger partial charge in [-0.2, -0.15) is 5.26 Å². The SMILES string of the molecule is CC(C)OC(=O)C(C#N)=Cc1ccc[nH+]c1. The van der Waals surface area contributed by atoms with Gasteiger partial charge in [0.15, 0.2) is 12.4 Å². The maximum absolute atomic E-state index is 11.5. The Kier molecular flexibility index (Phi) is 4.22. The van der Waals surface area contributed by atoms with E-state index in [1.165, 1.54) is 6.08 Å². The number of hydrogen-bond acceptors (Lipinski definition) is 3. The summed E-state index contributed by atoms with van der Waals surface area (Å²) in [6.07, 6.45) is 4.70. The van der Waals surface area contributed by atoms with Crippen LogP contribution in [-0.4, -0.2) is 12.1 Å². The number of nitrogens with zero attached hydrogens (tertiary/aromatic N) is 1. The second-order valence-corrected chi connectivity index (χ2v) is 3.46. The number of esters is 1. The molecular formula is C12H13N2O2+. The van der Waals surface area contributed by atoms with Crippen LogP contribution in [0.3, 0.4) is 0 Å². The number of nitrogens with one attached hydrogen (secondary N) is 1. The zero-order valence-corrected chi connectivity index (χ0v) is 9.23. The highest BCUT2D eigenvalue weighted by molar-refractivity contribution is 5.97. The molecule has 0 aliphatic rings. The molecule has 0 aliphatic heterocycles. The van der Waals surface area contributed by atoms with Gasteiger partial charge in [0.2, 0.25) is 0 Å². The van der Waals surface area contributed by atoms with Crippen molar-refractivity contribution in [2.45, 2.75) is 20.0 Å². The van der Waals surface area contributed by atoms with Crippen molar-refractivity contribution in [1.29, 1.82) is 5.26 Å². The van der Waals surface area contributed by atoms with Crippen molar-refractivity contribution in [2.75, 3.05) is 0 Å². The first-order chi connectivity index (χ1) is 7.63. The molecule has 0 spiro atoms. The average molecular weight is 217 g/mol. The molecule has 1 aromatic rings. The van der Waals surface area contributed by atoms with Crippen molar-refractivity contribution in [1.82, 2.24) is 0 Å². The van der Waals surface area contributed by atoms with Crippen molar-refractivity contribution < 1.29 is 14.5 Å². The van der Waals surface area contributed by atoms with Crippen LogP contribution in [0.5, 0.6) is 0 Å². The molecule has 0 amide bonds. The third-order valence-electron chi connectivity index (χ3n) is 1.73. The molecule has 82 valence electrons. The molecular weight excluding hydrogens is 204 g/mol. The van der Waals surface area contributed by atoms with Gasteiger partial charge in [-0.3, -0.25) is 0 Å². The Morgan fingerprint density at radius 1 is 1.62 bits per heavy atom. The van der Waals surface area contributed by atoms with Crippen LogP contribution in [0, 0.1) is 11.3 Å². The fraction of sp³-hybridized carbons (Fsp3) is 0.250. The van der Waals surface area contributed by atoms with Crippen LogP contribution in [0.4, 0.5) is 0 Å². The van der Waals surface area contributed by atoms with Crippen LogP contribution in [0.1, 0.15) is 19.4 Å². The minimum atomic E-state index is -0.596. The molecule has 4 nitrogen and oxygen atoms in total. The highest BCUT2D eigenvalue weighted by Gasteiger charge is 2.12. The Hall–Kier alpha value is -2.15. The maximum Gasteiger partial charge on any atom is 0.349 e. The summed E-state index contributed by atoms with van der Waals surface area (Å²) >= 11 is 0. The highest BCUT2D eigenvalue weighted by atomic mass is 16.5. The van der Waals surface area contributed by atoms with E-state index in [-0.39, 0.29) is 11.7 Å². The molecule has 0 radical (unpaired) electrons. The lowest BCUT2D eigenvalue weighted by Crippen LogP contribution is -2.12. The van der Waals surface area contributed by atoms with Gasteiger partial charge in [-0.05, 0) is 26.0 Å². The summed E-state index contributed by atoms with van der Waals surface area (Å²) in [4.78, 5) is 14.3. The molecule has 0 fully saturated rings. The van der Waals surface area contributed by atoms with Gasteiger partial charge in [0, 0.05) is 11.6 Å². The standard InChI is InChI=1S/C12H12N2O2/c1-9(2)16-12(15)11(7-13)6-10-4-3-5-14-8-10/h3-6,8-9H,1-2H3/p+1. The summed E-state index contributed by atoms with van der Waals surface area (Å²) in [6.45, 7) is 3.48. The van der Waals surface area contributed by atoms with Crippen LogP contribution in [0.25, 0.3) is 6.08 Å². The van der Waals surface area contributed by atoms with Gasteiger partial charge in [-0.1, -0.05) is 0 Å². The van der Waals surface area contributed by atoms with Crippen LogP contribution in [0.15, 0.2) is 30.1 Å². The van der Waals surface area contributed by atoms with Crippen molar-refractivity contribution in [3.05, 3.63) is 35.7 Å². The van der Waals surface area contributed by atoms with Gasteiger partial charge in [0.1, 0.15) is 11.6 Å².